The molecule has 0 bridgehead atoms. The van der Waals surface area contributed by atoms with Crippen molar-refractivity contribution in [2.45, 2.75) is 20.3 Å². The third kappa shape index (κ3) is 3.45. The van der Waals surface area contributed by atoms with Gasteiger partial charge in [0.2, 0.25) is 0 Å². The summed E-state index contributed by atoms with van der Waals surface area (Å²) in [7, 11) is 0. The van der Waals surface area contributed by atoms with Crippen LogP contribution in [0.2, 0.25) is 0 Å². The van der Waals surface area contributed by atoms with Crippen molar-refractivity contribution in [3.63, 3.8) is 0 Å². The van der Waals surface area contributed by atoms with Crippen molar-refractivity contribution in [2.24, 2.45) is 5.92 Å². The van der Waals surface area contributed by atoms with Gasteiger partial charge in [0, 0.05) is 23.9 Å². The summed E-state index contributed by atoms with van der Waals surface area (Å²) in [6, 6.07) is 3.75. The van der Waals surface area contributed by atoms with Gasteiger partial charge in [-0.25, -0.2) is 9.97 Å². The Morgan fingerprint density at radius 1 is 1.24 bits per heavy atom. The summed E-state index contributed by atoms with van der Waals surface area (Å²) >= 11 is 2.92. The molecule has 4 rings (SSSR count). The number of carbonyl (C=O) groups is 1. The Kier molecular flexibility index (Phi) is 4.30. The van der Waals surface area contributed by atoms with Crippen molar-refractivity contribution in [1.82, 2.24) is 9.97 Å². The van der Waals surface area contributed by atoms with Gasteiger partial charge in [0.1, 0.15) is 18.9 Å². The van der Waals surface area contributed by atoms with Crippen LogP contribution in [0.3, 0.4) is 0 Å². The maximum absolute atomic E-state index is 12.4. The van der Waals surface area contributed by atoms with Gasteiger partial charge in [-0.15, -0.1) is 11.3 Å². The van der Waals surface area contributed by atoms with E-state index in [2.05, 4.69) is 29.1 Å². The van der Waals surface area contributed by atoms with Crippen molar-refractivity contribution in [2.75, 3.05) is 18.5 Å². The van der Waals surface area contributed by atoms with Crippen LogP contribution in [0.4, 0.5) is 5.13 Å². The zero-order valence-electron chi connectivity index (χ0n) is 13.9. The van der Waals surface area contributed by atoms with E-state index in [-0.39, 0.29) is 5.91 Å². The highest BCUT2D eigenvalue weighted by atomic mass is 32.1. The molecule has 6 nitrogen and oxygen atoms in total. The minimum Gasteiger partial charge on any atom is -0.486 e. The number of fused-ring (bicyclic) bond motifs is 2. The Morgan fingerprint density at radius 3 is 2.76 bits per heavy atom. The van der Waals surface area contributed by atoms with E-state index in [1.54, 1.807) is 5.38 Å². The maximum atomic E-state index is 12.4. The van der Waals surface area contributed by atoms with Crippen LogP contribution in [0.25, 0.3) is 10.2 Å². The van der Waals surface area contributed by atoms with E-state index in [0.717, 1.165) is 27.4 Å². The molecular formula is C17H17N3O3S2. The minimum absolute atomic E-state index is 0.234. The number of benzene rings is 1. The molecule has 1 aromatic carbocycles. The van der Waals surface area contributed by atoms with Gasteiger partial charge in [0.25, 0.3) is 5.91 Å². The highest BCUT2D eigenvalue weighted by Crippen LogP contribution is 2.37. The molecule has 8 heteroatoms. The van der Waals surface area contributed by atoms with Crippen LogP contribution in [-0.2, 0) is 6.42 Å². The van der Waals surface area contributed by atoms with E-state index in [1.165, 1.54) is 22.7 Å². The van der Waals surface area contributed by atoms with Crippen LogP contribution in [0, 0.1) is 5.92 Å². The number of hydrogen-bond acceptors (Lipinski definition) is 7. The lowest BCUT2D eigenvalue weighted by molar-refractivity contribution is 0.102. The molecule has 1 aliphatic rings. The Labute approximate surface area is 152 Å². The average Bonchev–Trinajstić information content (AvgIpc) is 3.18. The van der Waals surface area contributed by atoms with Crippen molar-refractivity contribution < 1.29 is 14.3 Å². The second-order valence-corrected chi connectivity index (χ2v) is 8.13. The topological polar surface area (TPSA) is 73.3 Å². The van der Waals surface area contributed by atoms with Gasteiger partial charge < -0.3 is 9.47 Å². The molecule has 0 unspecified atom stereocenters. The fourth-order valence-corrected chi connectivity index (χ4v) is 4.40. The fourth-order valence-electron chi connectivity index (χ4n) is 2.54. The van der Waals surface area contributed by atoms with Gasteiger partial charge in [0.15, 0.2) is 16.6 Å². The van der Waals surface area contributed by atoms with Crippen LogP contribution in [0.1, 0.15) is 29.3 Å². The van der Waals surface area contributed by atoms with Crippen molar-refractivity contribution >= 4 is 43.9 Å². The predicted molar refractivity (Wildman–Crippen MR) is 99.2 cm³/mol. The Bertz CT molecular complexity index is 890. The first-order valence-electron chi connectivity index (χ1n) is 8.04. The SMILES string of the molecule is CC(C)Cc1nc(C(=O)Nc2nc3cc4c(cc3s2)OCCO4)cs1. The van der Waals surface area contributed by atoms with Gasteiger partial charge in [0.05, 0.1) is 15.2 Å². The van der Waals surface area contributed by atoms with Gasteiger partial charge in [-0.1, -0.05) is 25.2 Å². The van der Waals surface area contributed by atoms with Crippen molar-refractivity contribution in [3.05, 3.63) is 28.2 Å². The van der Waals surface area contributed by atoms with Gasteiger partial charge in [-0.3, -0.25) is 10.1 Å². The zero-order chi connectivity index (χ0) is 17.4. The normalized spacial score (nSPS) is 13.4. The van der Waals surface area contributed by atoms with Crippen molar-refractivity contribution in [1.29, 1.82) is 0 Å². The first kappa shape index (κ1) is 16.3. The number of amides is 1. The molecule has 1 aliphatic heterocycles. The fraction of sp³-hybridized carbons (Fsp3) is 0.353. The second-order valence-electron chi connectivity index (χ2n) is 6.16. The zero-order valence-corrected chi connectivity index (χ0v) is 15.5. The average molecular weight is 375 g/mol. The number of nitrogens with zero attached hydrogens (tertiary/aromatic N) is 2. The Hall–Kier alpha value is -2.19. The largest absolute Gasteiger partial charge is 0.486 e. The predicted octanol–water partition coefficient (Wildman–Crippen LogP) is 3.97. The summed E-state index contributed by atoms with van der Waals surface area (Å²) in [4.78, 5) is 21.3. The monoisotopic (exact) mass is 375 g/mol. The summed E-state index contributed by atoms with van der Waals surface area (Å²) in [5, 5.41) is 6.15. The van der Waals surface area contributed by atoms with Crippen molar-refractivity contribution in [3.8, 4) is 11.5 Å². The number of nitrogens with one attached hydrogen (secondary N) is 1. The molecular weight excluding hydrogens is 358 g/mol. The Morgan fingerprint density at radius 2 is 2.00 bits per heavy atom. The molecule has 0 spiro atoms. The lowest BCUT2D eigenvalue weighted by atomic mass is 10.1. The second kappa shape index (κ2) is 6.61. The highest BCUT2D eigenvalue weighted by Gasteiger charge is 2.17. The molecule has 0 atom stereocenters. The quantitative estimate of drug-likeness (QED) is 0.747. The molecule has 0 radical (unpaired) electrons. The standard InChI is InChI=1S/C17H17N3O3S2/c1-9(2)5-15-18-11(8-24-15)16(21)20-17-19-10-6-12-13(7-14(10)25-17)23-4-3-22-12/h6-9H,3-5H2,1-2H3,(H,19,20,21). The highest BCUT2D eigenvalue weighted by molar-refractivity contribution is 7.22. The Balaban J connectivity index is 1.53. The summed E-state index contributed by atoms with van der Waals surface area (Å²) in [6.45, 7) is 5.35. The minimum atomic E-state index is -0.234. The van der Waals surface area contributed by atoms with E-state index in [0.29, 0.717) is 35.7 Å². The van der Waals surface area contributed by atoms with Crippen LogP contribution in [0.15, 0.2) is 17.5 Å². The molecule has 25 heavy (non-hydrogen) atoms. The van der Waals surface area contributed by atoms with Crippen LogP contribution < -0.4 is 14.8 Å². The number of rotatable bonds is 4. The van der Waals surface area contributed by atoms with E-state index in [9.17, 15) is 4.79 Å². The molecule has 130 valence electrons. The molecule has 0 aliphatic carbocycles. The number of aromatic nitrogens is 2. The van der Waals surface area contributed by atoms with E-state index in [4.69, 9.17) is 9.47 Å². The molecule has 2 aromatic heterocycles. The first-order chi connectivity index (χ1) is 12.1. The summed E-state index contributed by atoms with van der Waals surface area (Å²) in [5.74, 6) is 1.70. The summed E-state index contributed by atoms with van der Waals surface area (Å²) < 4.78 is 12.1. The molecule has 3 aromatic rings. The summed E-state index contributed by atoms with van der Waals surface area (Å²) in [6.07, 6.45) is 0.880. The van der Waals surface area contributed by atoms with Crippen LogP contribution >= 0.6 is 22.7 Å². The van der Waals surface area contributed by atoms with Crippen LogP contribution in [-0.4, -0.2) is 29.1 Å². The molecule has 0 fully saturated rings. The van der Waals surface area contributed by atoms with E-state index in [1.807, 2.05) is 12.1 Å². The lowest BCUT2D eigenvalue weighted by Crippen LogP contribution is -2.15. The maximum Gasteiger partial charge on any atom is 0.276 e. The number of hydrogen-bond donors (Lipinski definition) is 1. The number of carbonyl (C=O) groups excluding carboxylic acids is 1. The van der Waals surface area contributed by atoms with E-state index < -0.39 is 0 Å². The van der Waals surface area contributed by atoms with Gasteiger partial charge >= 0.3 is 0 Å². The molecule has 0 saturated carbocycles. The molecule has 1 amide bonds. The molecule has 0 saturated heterocycles. The summed E-state index contributed by atoms with van der Waals surface area (Å²) in [5.41, 5.74) is 1.22. The van der Waals surface area contributed by atoms with Gasteiger partial charge in [-0.05, 0) is 5.92 Å². The lowest BCUT2D eigenvalue weighted by Gasteiger charge is -2.17. The smallest absolute Gasteiger partial charge is 0.276 e. The van der Waals surface area contributed by atoms with E-state index >= 15 is 0 Å². The first-order valence-corrected chi connectivity index (χ1v) is 9.74. The number of anilines is 1. The third-order valence-electron chi connectivity index (χ3n) is 3.64. The third-order valence-corrected chi connectivity index (χ3v) is 5.44. The molecule has 3 heterocycles. The van der Waals surface area contributed by atoms with Crippen LogP contribution in [0.5, 0.6) is 11.5 Å². The van der Waals surface area contributed by atoms with Gasteiger partial charge in [-0.2, -0.15) is 0 Å². The number of ether oxygens (including phenoxy) is 2. The number of thiazole rings is 2. The molecule has 1 N–H and O–H groups in total.